The van der Waals surface area contributed by atoms with Crippen LogP contribution in [-0.2, 0) is 4.79 Å². The molecule has 34 heavy (non-hydrogen) atoms. The Morgan fingerprint density at radius 2 is 1.62 bits per heavy atom. The van der Waals surface area contributed by atoms with Gasteiger partial charge in [-0.15, -0.1) is 5.23 Å². The number of amides is 2. The van der Waals surface area contributed by atoms with Crippen molar-refractivity contribution in [3.63, 3.8) is 0 Å². The van der Waals surface area contributed by atoms with Gasteiger partial charge in [0.2, 0.25) is 5.91 Å². The van der Waals surface area contributed by atoms with Gasteiger partial charge < -0.3 is 9.80 Å². The fourth-order valence-electron chi connectivity index (χ4n) is 4.67. The van der Waals surface area contributed by atoms with Crippen LogP contribution in [0.15, 0.2) is 78.9 Å². The van der Waals surface area contributed by atoms with E-state index < -0.39 is 0 Å². The zero-order valence-corrected chi connectivity index (χ0v) is 19.3. The van der Waals surface area contributed by atoms with Crippen LogP contribution in [0.25, 0.3) is 0 Å². The minimum Gasteiger partial charge on any atom is -0.309 e. The van der Waals surface area contributed by atoms with Crippen LogP contribution in [0.2, 0.25) is 0 Å². The molecule has 2 unspecified atom stereocenters. The molecule has 0 bridgehead atoms. The first-order chi connectivity index (χ1) is 16.4. The Hall–Kier alpha value is -3.68. The molecule has 0 radical (unpaired) electrons. The number of rotatable bonds is 6. The maximum atomic E-state index is 13.9. The highest BCUT2D eigenvalue weighted by atomic mass is 16.8. The summed E-state index contributed by atoms with van der Waals surface area (Å²) in [5.74, 6) is -0.138. The van der Waals surface area contributed by atoms with E-state index >= 15 is 0 Å². The highest BCUT2D eigenvalue weighted by molar-refractivity contribution is 6.07. The molecule has 2 N–H and O–H groups in total. The highest BCUT2D eigenvalue weighted by Gasteiger charge is 2.38. The highest BCUT2D eigenvalue weighted by Crippen LogP contribution is 2.43. The average molecular weight is 460 g/mol. The van der Waals surface area contributed by atoms with Crippen LogP contribution in [0, 0.1) is 0 Å². The van der Waals surface area contributed by atoms with Crippen molar-refractivity contribution in [3.8, 4) is 0 Å². The van der Waals surface area contributed by atoms with Gasteiger partial charge >= 0.3 is 0 Å². The summed E-state index contributed by atoms with van der Waals surface area (Å²) >= 11 is 0. The van der Waals surface area contributed by atoms with E-state index in [1.807, 2.05) is 61.2 Å². The fourth-order valence-corrected chi connectivity index (χ4v) is 4.67. The van der Waals surface area contributed by atoms with Crippen LogP contribution in [0.5, 0.6) is 0 Å². The number of hydrogen-bond acceptors (Lipinski definition) is 5. The molecular weight excluding hydrogens is 430 g/mol. The number of para-hydroxylation sites is 1. The predicted octanol–water partition coefficient (Wildman–Crippen LogP) is 5.58. The van der Waals surface area contributed by atoms with Crippen molar-refractivity contribution in [2.75, 3.05) is 15.0 Å². The summed E-state index contributed by atoms with van der Waals surface area (Å²) in [5, 5.41) is 19.2. The lowest BCUT2D eigenvalue weighted by Gasteiger charge is -2.43. The Kier molecular flexibility index (Phi) is 6.95. The summed E-state index contributed by atoms with van der Waals surface area (Å²) in [7, 11) is 0. The maximum absolute atomic E-state index is 13.9. The van der Waals surface area contributed by atoms with Gasteiger partial charge in [0.15, 0.2) is 0 Å². The molecule has 7 heteroatoms. The van der Waals surface area contributed by atoms with E-state index in [4.69, 9.17) is 0 Å². The fraction of sp³-hybridized carbons (Fsp3) is 0.259. The molecule has 2 amide bonds. The smallest absolute Gasteiger partial charge is 0.258 e. The molecule has 3 aromatic carbocycles. The van der Waals surface area contributed by atoms with Gasteiger partial charge in [0.05, 0.1) is 11.7 Å². The van der Waals surface area contributed by atoms with Crippen molar-refractivity contribution in [1.82, 2.24) is 0 Å². The van der Waals surface area contributed by atoms with Crippen molar-refractivity contribution in [1.29, 1.82) is 0 Å². The largest absolute Gasteiger partial charge is 0.309 e. The van der Waals surface area contributed by atoms with Crippen LogP contribution >= 0.6 is 0 Å². The summed E-state index contributed by atoms with van der Waals surface area (Å²) in [6.45, 7) is 3.99. The van der Waals surface area contributed by atoms with Crippen molar-refractivity contribution < 1.29 is 20.0 Å². The van der Waals surface area contributed by atoms with Crippen molar-refractivity contribution in [2.24, 2.45) is 0 Å². The molecule has 0 spiro atoms. The number of anilines is 3. The first kappa shape index (κ1) is 23.5. The monoisotopic (exact) mass is 459 g/mol. The summed E-state index contributed by atoms with van der Waals surface area (Å²) in [5.41, 5.74) is 2.87. The Morgan fingerprint density at radius 3 is 2.32 bits per heavy atom. The summed E-state index contributed by atoms with van der Waals surface area (Å²) in [4.78, 5) is 30.4. The second-order valence-corrected chi connectivity index (χ2v) is 8.52. The van der Waals surface area contributed by atoms with E-state index in [1.165, 1.54) is 6.07 Å². The Bertz CT molecular complexity index is 1170. The molecule has 2 atom stereocenters. The number of carbonyl (C=O) groups is 2. The predicted molar refractivity (Wildman–Crippen MR) is 131 cm³/mol. The minimum absolute atomic E-state index is 0.0390. The van der Waals surface area contributed by atoms with E-state index in [1.54, 1.807) is 35.2 Å². The van der Waals surface area contributed by atoms with Gasteiger partial charge in [-0.3, -0.25) is 20.0 Å². The molecular formula is C27H29N3O4. The first-order valence-corrected chi connectivity index (χ1v) is 11.5. The SMILES string of the molecule is CCCC(=O)N1c2ccccc2C(N(C(=O)c2ccccc2)c2cccc(N(O)O)c2)CC1C. The zero-order chi connectivity index (χ0) is 24.2. The normalized spacial score (nSPS) is 17.1. The Morgan fingerprint density at radius 1 is 0.941 bits per heavy atom. The molecule has 1 heterocycles. The van der Waals surface area contributed by atoms with Gasteiger partial charge in [-0.25, -0.2) is 0 Å². The summed E-state index contributed by atoms with van der Waals surface area (Å²) < 4.78 is 0. The third-order valence-electron chi connectivity index (χ3n) is 6.18. The van der Waals surface area contributed by atoms with E-state index in [2.05, 4.69) is 0 Å². The molecule has 7 nitrogen and oxygen atoms in total. The van der Waals surface area contributed by atoms with Crippen molar-refractivity contribution in [2.45, 2.75) is 45.2 Å². The number of benzene rings is 3. The second-order valence-electron chi connectivity index (χ2n) is 8.52. The number of fused-ring (bicyclic) bond motifs is 1. The molecule has 3 aromatic rings. The summed E-state index contributed by atoms with van der Waals surface area (Å²) in [6.07, 6.45) is 1.76. The van der Waals surface area contributed by atoms with Crippen molar-refractivity contribution in [3.05, 3.63) is 90.0 Å². The Balaban J connectivity index is 1.86. The van der Waals surface area contributed by atoms with Gasteiger partial charge in [0.25, 0.3) is 5.91 Å². The molecule has 176 valence electrons. The van der Waals surface area contributed by atoms with Gasteiger partial charge in [-0.1, -0.05) is 49.4 Å². The van der Waals surface area contributed by atoms with Crippen LogP contribution < -0.4 is 15.0 Å². The van der Waals surface area contributed by atoms with Crippen molar-refractivity contribution >= 4 is 28.9 Å². The average Bonchev–Trinajstić information content (AvgIpc) is 2.85. The third kappa shape index (κ3) is 4.53. The van der Waals surface area contributed by atoms with Gasteiger partial charge in [0.1, 0.15) is 0 Å². The van der Waals surface area contributed by atoms with Crippen LogP contribution in [0.3, 0.4) is 0 Å². The lowest BCUT2D eigenvalue weighted by molar-refractivity contribution is -0.119. The molecule has 0 aliphatic carbocycles. The third-order valence-corrected chi connectivity index (χ3v) is 6.18. The standard InChI is InChI=1S/C27H29N3O4/c1-3-10-26(31)28-19(2)17-25(23-15-7-8-16-24(23)28)29(27(32)20-11-5-4-6-12-20)21-13-9-14-22(18-21)30(33)34/h4-9,11-16,18-19,25,33-34H,3,10,17H2,1-2H3. The van der Waals surface area contributed by atoms with E-state index in [0.29, 0.717) is 24.1 Å². The number of nitrogens with zero attached hydrogens (tertiary/aromatic N) is 3. The van der Waals surface area contributed by atoms with E-state index in [0.717, 1.165) is 17.7 Å². The van der Waals surface area contributed by atoms with E-state index in [-0.39, 0.29) is 34.8 Å². The molecule has 0 saturated carbocycles. The number of carbonyl (C=O) groups excluding carboxylic acids is 2. The van der Waals surface area contributed by atoms with Crippen LogP contribution in [0.4, 0.5) is 17.1 Å². The molecule has 0 aromatic heterocycles. The lowest BCUT2D eigenvalue weighted by atomic mass is 9.89. The molecule has 0 fully saturated rings. The summed E-state index contributed by atoms with van der Waals surface area (Å²) in [6, 6.07) is 22.8. The topological polar surface area (TPSA) is 84.3 Å². The van der Waals surface area contributed by atoms with Gasteiger partial charge in [-0.05, 0) is 61.7 Å². The molecule has 0 saturated heterocycles. The zero-order valence-electron chi connectivity index (χ0n) is 19.3. The molecule has 4 rings (SSSR count). The minimum atomic E-state index is -0.356. The second kappa shape index (κ2) is 10.1. The first-order valence-electron chi connectivity index (χ1n) is 11.5. The van der Waals surface area contributed by atoms with Gasteiger partial charge in [0, 0.05) is 29.4 Å². The van der Waals surface area contributed by atoms with E-state index in [9.17, 15) is 20.0 Å². The van der Waals surface area contributed by atoms with Gasteiger partial charge in [-0.2, -0.15) is 0 Å². The van der Waals surface area contributed by atoms with Crippen LogP contribution in [-0.4, -0.2) is 28.3 Å². The molecule has 1 aliphatic rings. The lowest BCUT2D eigenvalue weighted by Crippen LogP contribution is -2.47. The quantitative estimate of drug-likeness (QED) is 0.470. The maximum Gasteiger partial charge on any atom is 0.258 e. The van der Waals surface area contributed by atoms with Crippen LogP contribution in [0.1, 0.15) is 55.1 Å². The Labute approximate surface area is 199 Å². The number of hydrogen-bond donors (Lipinski definition) is 2. The molecule has 1 aliphatic heterocycles.